The first-order valence-corrected chi connectivity index (χ1v) is 7.15. The van der Waals surface area contributed by atoms with E-state index in [2.05, 4.69) is 20.3 Å². The van der Waals surface area contributed by atoms with Crippen molar-refractivity contribution in [3.8, 4) is 5.75 Å². The van der Waals surface area contributed by atoms with Crippen molar-refractivity contribution < 1.29 is 13.3 Å². The van der Waals surface area contributed by atoms with Gasteiger partial charge in [-0.15, -0.1) is 0 Å². The molecule has 0 aliphatic heterocycles. The predicted molar refractivity (Wildman–Crippen MR) is 76.1 cm³/mol. The van der Waals surface area contributed by atoms with Crippen molar-refractivity contribution >= 4 is 33.1 Å². The van der Waals surface area contributed by atoms with Crippen molar-refractivity contribution in [3.05, 3.63) is 28.0 Å². The molecule has 0 saturated heterocycles. The van der Waals surface area contributed by atoms with Crippen molar-refractivity contribution in [2.24, 2.45) is 4.40 Å². The van der Waals surface area contributed by atoms with Crippen LogP contribution in [0.4, 0.5) is 4.39 Å². The van der Waals surface area contributed by atoms with Crippen LogP contribution in [0.5, 0.6) is 5.75 Å². The molecule has 0 bridgehead atoms. The summed E-state index contributed by atoms with van der Waals surface area (Å²) in [6, 6.07) is 3.20. The van der Waals surface area contributed by atoms with Gasteiger partial charge >= 0.3 is 0 Å². The molecule has 6 heteroatoms. The normalized spacial score (nSPS) is 13.9. The summed E-state index contributed by atoms with van der Waals surface area (Å²) in [4.78, 5) is 0. The van der Waals surface area contributed by atoms with E-state index in [4.69, 9.17) is 4.74 Å². The molecule has 1 atom stereocenters. The van der Waals surface area contributed by atoms with Gasteiger partial charge in [-0.25, -0.2) is 8.60 Å². The van der Waals surface area contributed by atoms with Crippen LogP contribution in [0.3, 0.4) is 0 Å². The molecule has 0 aromatic heterocycles. The molecule has 0 N–H and O–H groups in total. The maximum atomic E-state index is 13.7. The van der Waals surface area contributed by atoms with E-state index in [9.17, 15) is 8.60 Å². The van der Waals surface area contributed by atoms with E-state index < -0.39 is 21.5 Å². The highest BCUT2D eigenvalue weighted by molar-refractivity contribution is 9.10. The first-order chi connectivity index (χ1) is 8.27. The van der Waals surface area contributed by atoms with Gasteiger partial charge in [0, 0.05) is 11.8 Å². The summed E-state index contributed by atoms with van der Waals surface area (Å²) in [6.07, 6.45) is 1.37. The molecule has 0 fully saturated rings. The second-order valence-corrected chi connectivity index (χ2v) is 7.37. The quantitative estimate of drug-likeness (QED) is 0.793. The third-order valence-electron chi connectivity index (χ3n) is 2.10. The van der Waals surface area contributed by atoms with E-state index in [-0.39, 0.29) is 5.75 Å². The Labute approximate surface area is 117 Å². The second-order valence-electron chi connectivity index (χ2n) is 4.58. The number of hydrogen-bond donors (Lipinski definition) is 0. The first kappa shape index (κ1) is 15.3. The fourth-order valence-corrected chi connectivity index (χ4v) is 1.96. The topological polar surface area (TPSA) is 38.7 Å². The minimum absolute atomic E-state index is 0.0824. The van der Waals surface area contributed by atoms with Crippen LogP contribution in [0, 0.1) is 5.82 Å². The van der Waals surface area contributed by atoms with Crippen LogP contribution >= 0.6 is 15.9 Å². The molecule has 0 spiro atoms. The van der Waals surface area contributed by atoms with Crippen LogP contribution in [0.1, 0.15) is 26.3 Å². The molecule has 0 aliphatic carbocycles. The van der Waals surface area contributed by atoms with Crippen molar-refractivity contribution in [1.82, 2.24) is 0 Å². The first-order valence-electron chi connectivity index (χ1n) is 5.25. The lowest BCUT2D eigenvalue weighted by Crippen LogP contribution is -2.19. The molecule has 1 rings (SSSR count). The Bertz CT molecular complexity index is 498. The molecule has 0 heterocycles. The summed E-state index contributed by atoms with van der Waals surface area (Å²) in [5.41, 5.74) is 0.454. The van der Waals surface area contributed by atoms with Gasteiger partial charge < -0.3 is 4.74 Å². The predicted octanol–water partition coefficient (Wildman–Crippen LogP) is 3.48. The lowest BCUT2D eigenvalue weighted by Gasteiger charge is -2.13. The molecular formula is C12H15BrFNO2S. The van der Waals surface area contributed by atoms with Gasteiger partial charge in [0.15, 0.2) is 11.6 Å². The molecule has 3 nitrogen and oxygen atoms in total. The maximum absolute atomic E-state index is 13.7. The van der Waals surface area contributed by atoms with Gasteiger partial charge in [-0.1, -0.05) is 0 Å². The van der Waals surface area contributed by atoms with E-state index in [0.29, 0.717) is 10.0 Å². The number of methoxy groups -OCH3 is 1. The van der Waals surface area contributed by atoms with E-state index in [0.717, 1.165) is 0 Å². The Kier molecular flexibility index (Phi) is 5.04. The highest BCUT2D eigenvalue weighted by atomic mass is 79.9. The van der Waals surface area contributed by atoms with Crippen molar-refractivity contribution in [2.75, 3.05) is 7.11 Å². The maximum Gasteiger partial charge on any atom is 0.179 e. The molecule has 1 aromatic carbocycles. The zero-order chi connectivity index (χ0) is 13.9. The van der Waals surface area contributed by atoms with E-state index in [1.807, 2.05) is 20.8 Å². The number of ether oxygens (including phenoxy) is 1. The van der Waals surface area contributed by atoms with Gasteiger partial charge in [0.25, 0.3) is 0 Å². The molecule has 0 saturated carbocycles. The molecule has 0 aliphatic rings. The Balaban J connectivity index is 3.09. The van der Waals surface area contributed by atoms with Crippen LogP contribution in [-0.2, 0) is 11.0 Å². The number of nitrogens with zero attached hydrogens (tertiary/aromatic N) is 1. The van der Waals surface area contributed by atoms with Crippen LogP contribution in [0.25, 0.3) is 0 Å². The van der Waals surface area contributed by atoms with Gasteiger partial charge in [0.1, 0.15) is 11.0 Å². The summed E-state index contributed by atoms with van der Waals surface area (Å²) < 4.78 is 34.2. The van der Waals surface area contributed by atoms with Crippen LogP contribution in [0.2, 0.25) is 0 Å². The third kappa shape index (κ3) is 3.62. The molecule has 100 valence electrons. The van der Waals surface area contributed by atoms with Gasteiger partial charge in [-0.3, -0.25) is 0 Å². The number of rotatable bonds is 3. The number of halogens is 2. The Morgan fingerprint density at radius 3 is 2.56 bits per heavy atom. The average Bonchev–Trinajstić information content (AvgIpc) is 2.29. The van der Waals surface area contributed by atoms with Crippen LogP contribution < -0.4 is 4.74 Å². The second kappa shape index (κ2) is 5.93. The van der Waals surface area contributed by atoms with Crippen LogP contribution in [-0.4, -0.2) is 22.3 Å². The fourth-order valence-electron chi connectivity index (χ4n) is 1.12. The minimum atomic E-state index is -1.38. The van der Waals surface area contributed by atoms with Gasteiger partial charge in [0.2, 0.25) is 0 Å². The van der Waals surface area contributed by atoms with Crippen molar-refractivity contribution in [3.63, 3.8) is 0 Å². The lowest BCUT2D eigenvalue weighted by atomic mass is 10.2. The smallest absolute Gasteiger partial charge is 0.179 e. The van der Waals surface area contributed by atoms with Gasteiger partial charge in [0.05, 0.1) is 16.3 Å². The molecule has 18 heavy (non-hydrogen) atoms. The van der Waals surface area contributed by atoms with E-state index in [1.165, 1.54) is 13.3 Å². The van der Waals surface area contributed by atoms with E-state index >= 15 is 0 Å². The molecule has 1 unspecified atom stereocenters. The van der Waals surface area contributed by atoms with Gasteiger partial charge in [-0.2, -0.15) is 4.40 Å². The minimum Gasteiger partial charge on any atom is -0.493 e. The molecule has 0 radical (unpaired) electrons. The fraction of sp³-hybridized carbons (Fsp3) is 0.417. The third-order valence-corrected chi connectivity index (χ3v) is 4.05. The van der Waals surface area contributed by atoms with Crippen molar-refractivity contribution in [1.29, 1.82) is 0 Å². The zero-order valence-electron chi connectivity index (χ0n) is 10.7. The molecule has 0 amide bonds. The Hall–Kier alpha value is -0.750. The molecular weight excluding hydrogens is 321 g/mol. The number of hydrogen-bond acceptors (Lipinski definition) is 2. The standard InChI is InChI=1S/C12H15BrFNO2S/c1-12(2,3)18(16)15-7-8-5-6-9(13)10(14)11(8)17-4/h5-7H,1-4H3. The lowest BCUT2D eigenvalue weighted by molar-refractivity contribution is 0.384. The monoisotopic (exact) mass is 335 g/mol. The van der Waals surface area contributed by atoms with Gasteiger partial charge in [-0.05, 0) is 48.8 Å². The zero-order valence-corrected chi connectivity index (χ0v) is 13.1. The summed E-state index contributed by atoms with van der Waals surface area (Å²) in [5, 5.41) is 0. The highest BCUT2D eigenvalue weighted by Crippen LogP contribution is 2.28. The van der Waals surface area contributed by atoms with Crippen molar-refractivity contribution in [2.45, 2.75) is 25.5 Å². The summed E-state index contributed by atoms with van der Waals surface area (Å²) in [7, 11) is -0.00242. The summed E-state index contributed by atoms with van der Waals surface area (Å²) >= 11 is 3.07. The summed E-state index contributed by atoms with van der Waals surface area (Å²) in [6.45, 7) is 5.46. The molecule has 1 aromatic rings. The number of benzene rings is 1. The Morgan fingerprint density at radius 1 is 1.44 bits per heavy atom. The highest BCUT2D eigenvalue weighted by Gasteiger charge is 2.19. The SMILES string of the molecule is COc1c(C=NS(=O)C(C)(C)C)ccc(Br)c1F. The summed E-state index contributed by atoms with van der Waals surface area (Å²) in [5.74, 6) is -0.415. The Morgan fingerprint density at radius 2 is 2.06 bits per heavy atom. The largest absolute Gasteiger partial charge is 0.493 e. The van der Waals surface area contributed by atoms with Crippen LogP contribution in [0.15, 0.2) is 21.0 Å². The average molecular weight is 336 g/mol. The van der Waals surface area contributed by atoms with E-state index in [1.54, 1.807) is 12.1 Å².